The van der Waals surface area contributed by atoms with Crippen molar-refractivity contribution in [2.45, 2.75) is 39.3 Å². The van der Waals surface area contributed by atoms with Crippen molar-refractivity contribution in [3.63, 3.8) is 0 Å². The van der Waals surface area contributed by atoms with Crippen molar-refractivity contribution in [1.82, 2.24) is 14.5 Å². The second-order valence-corrected chi connectivity index (χ2v) is 5.50. The second-order valence-electron chi connectivity index (χ2n) is 5.50. The molecule has 2 rings (SSSR count). The van der Waals surface area contributed by atoms with Gasteiger partial charge < -0.3 is 15.2 Å². The highest BCUT2D eigenvalue weighted by Gasteiger charge is 2.24. The van der Waals surface area contributed by atoms with Crippen LogP contribution in [-0.4, -0.2) is 53.2 Å². The van der Waals surface area contributed by atoms with Gasteiger partial charge in [0.15, 0.2) is 5.82 Å². The monoisotopic (exact) mass is 293 g/mol. The van der Waals surface area contributed by atoms with Gasteiger partial charge in [-0.2, -0.15) is 0 Å². The van der Waals surface area contributed by atoms with Crippen LogP contribution >= 0.6 is 0 Å². The van der Waals surface area contributed by atoms with Gasteiger partial charge in [0.2, 0.25) is 0 Å². The lowest BCUT2D eigenvalue weighted by atomic mass is 10.1. The summed E-state index contributed by atoms with van der Waals surface area (Å²) in [5, 5.41) is 0. The quantitative estimate of drug-likeness (QED) is 0.828. The Balaban J connectivity index is 2.03. The molecule has 1 aliphatic rings. The van der Waals surface area contributed by atoms with E-state index in [0.717, 1.165) is 45.6 Å². The summed E-state index contributed by atoms with van der Waals surface area (Å²) < 4.78 is 1.71. The Hall–Kier alpha value is -1.40. The van der Waals surface area contributed by atoms with Gasteiger partial charge in [-0.1, -0.05) is 6.92 Å². The van der Waals surface area contributed by atoms with Gasteiger partial charge in [-0.05, 0) is 26.3 Å². The van der Waals surface area contributed by atoms with Crippen LogP contribution in [0.1, 0.15) is 26.7 Å². The Bertz CT molecular complexity index is 493. The van der Waals surface area contributed by atoms with Gasteiger partial charge in [-0.15, -0.1) is 0 Å². The number of hydrogen-bond donors (Lipinski definition) is 1. The Kier molecular flexibility index (Phi) is 5.76. The topological polar surface area (TPSA) is 67.4 Å². The number of nitrogens with two attached hydrogens (primary N) is 1. The summed E-state index contributed by atoms with van der Waals surface area (Å²) in [6.45, 7) is 9.27. The molecule has 6 heteroatoms. The van der Waals surface area contributed by atoms with E-state index in [9.17, 15) is 4.79 Å². The first-order valence-corrected chi connectivity index (χ1v) is 7.95. The van der Waals surface area contributed by atoms with Crippen LogP contribution in [0.25, 0.3) is 0 Å². The lowest BCUT2D eigenvalue weighted by Crippen LogP contribution is -2.52. The van der Waals surface area contributed by atoms with Crippen LogP contribution in [0.5, 0.6) is 0 Å². The highest BCUT2D eigenvalue weighted by atomic mass is 16.1. The zero-order valence-electron chi connectivity index (χ0n) is 13.2. The molecule has 0 bridgehead atoms. The zero-order valence-corrected chi connectivity index (χ0v) is 13.2. The van der Waals surface area contributed by atoms with Crippen LogP contribution in [0, 0.1) is 0 Å². The molecule has 1 saturated heterocycles. The molecule has 1 aromatic rings. The molecule has 1 aliphatic heterocycles. The predicted molar refractivity (Wildman–Crippen MR) is 85.7 cm³/mol. The van der Waals surface area contributed by atoms with Gasteiger partial charge in [0.1, 0.15) is 0 Å². The van der Waals surface area contributed by atoms with Crippen LogP contribution < -0.4 is 16.2 Å². The van der Waals surface area contributed by atoms with Crippen LogP contribution in [-0.2, 0) is 6.54 Å². The standard InChI is InChI=1S/C15H27N5O/c1-3-13(5-6-16)19-9-11-20(12-10-19)14-15(21)18(4-2)8-7-17-14/h7-8,13H,3-6,9-12,16H2,1-2H3. The second kappa shape index (κ2) is 7.56. The fraction of sp³-hybridized carbons (Fsp3) is 0.733. The summed E-state index contributed by atoms with van der Waals surface area (Å²) in [5.74, 6) is 0.589. The first-order valence-electron chi connectivity index (χ1n) is 7.95. The minimum atomic E-state index is 0.0162. The molecule has 0 aliphatic carbocycles. The molecule has 0 radical (unpaired) electrons. The van der Waals surface area contributed by atoms with Crippen molar-refractivity contribution in [3.8, 4) is 0 Å². The number of aromatic nitrogens is 2. The van der Waals surface area contributed by atoms with Crippen molar-refractivity contribution in [2.75, 3.05) is 37.6 Å². The molecule has 118 valence electrons. The number of nitrogens with zero attached hydrogens (tertiary/aromatic N) is 4. The van der Waals surface area contributed by atoms with E-state index in [4.69, 9.17) is 5.73 Å². The van der Waals surface area contributed by atoms with Crippen molar-refractivity contribution in [1.29, 1.82) is 0 Å². The Morgan fingerprint density at radius 1 is 1.29 bits per heavy atom. The molecule has 0 saturated carbocycles. The first-order chi connectivity index (χ1) is 10.2. The molecule has 1 unspecified atom stereocenters. The van der Waals surface area contributed by atoms with E-state index in [-0.39, 0.29) is 5.56 Å². The normalized spacial score (nSPS) is 18.0. The Morgan fingerprint density at radius 3 is 2.57 bits per heavy atom. The number of aryl methyl sites for hydroxylation is 1. The molecule has 0 amide bonds. The Labute approximate surface area is 126 Å². The lowest BCUT2D eigenvalue weighted by molar-refractivity contribution is 0.173. The van der Waals surface area contributed by atoms with Gasteiger partial charge >= 0.3 is 0 Å². The fourth-order valence-corrected chi connectivity index (χ4v) is 3.04. The maximum Gasteiger partial charge on any atom is 0.293 e. The van der Waals surface area contributed by atoms with E-state index >= 15 is 0 Å². The SMILES string of the molecule is CCC(CCN)N1CCN(c2nccn(CC)c2=O)CC1. The molecule has 21 heavy (non-hydrogen) atoms. The highest BCUT2D eigenvalue weighted by Crippen LogP contribution is 2.14. The molecular formula is C15H27N5O. The van der Waals surface area contributed by atoms with E-state index < -0.39 is 0 Å². The van der Waals surface area contributed by atoms with Crippen LogP contribution in [0.2, 0.25) is 0 Å². The molecule has 6 nitrogen and oxygen atoms in total. The fourth-order valence-electron chi connectivity index (χ4n) is 3.04. The third kappa shape index (κ3) is 3.63. The maximum atomic E-state index is 12.3. The van der Waals surface area contributed by atoms with E-state index in [1.54, 1.807) is 17.0 Å². The average molecular weight is 293 g/mol. The number of rotatable bonds is 6. The average Bonchev–Trinajstić information content (AvgIpc) is 2.53. The molecule has 1 fully saturated rings. The maximum absolute atomic E-state index is 12.3. The van der Waals surface area contributed by atoms with Gasteiger partial charge in [-0.3, -0.25) is 9.69 Å². The molecule has 1 aromatic heterocycles. The summed E-state index contributed by atoms with van der Waals surface area (Å²) in [6.07, 6.45) is 5.64. The Morgan fingerprint density at radius 2 is 2.00 bits per heavy atom. The van der Waals surface area contributed by atoms with Crippen LogP contribution in [0.3, 0.4) is 0 Å². The summed E-state index contributed by atoms with van der Waals surface area (Å²) in [5.41, 5.74) is 5.71. The number of piperazine rings is 1. The minimum Gasteiger partial charge on any atom is -0.349 e. The number of hydrogen-bond acceptors (Lipinski definition) is 5. The van der Waals surface area contributed by atoms with Gasteiger partial charge in [0, 0.05) is 51.2 Å². The van der Waals surface area contributed by atoms with E-state index in [1.807, 2.05) is 6.92 Å². The zero-order chi connectivity index (χ0) is 15.2. The third-order valence-electron chi connectivity index (χ3n) is 4.34. The smallest absolute Gasteiger partial charge is 0.293 e. The molecule has 1 atom stereocenters. The summed E-state index contributed by atoms with van der Waals surface area (Å²) in [4.78, 5) is 21.2. The predicted octanol–water partition coefficient (Wildman–Crippen LogP) is 0.513. The largest absolute Gasteiger partial charge is 0.349 e. The highest BCUT2D eigenvalue weighted by molar-refractivity contribution is 5.36. The lowest BCUT2D eigenvalue weighted by Gasteiger charge is -2.39. The molecule has 2 heterocycles. The molecule has 0 aromatic carbocycles. The minimum absolute atomic E-state index is 0.0162. The van der Waals surface area contributed by atoms with E-state index in [0.29, 0.717) is 18.4 Å². The summed E-state index contributed by atoms with van der Waals surface area (Å²) >= 11 is 0. The third-order valence-corrected chi connectivity index (χ3v) is 4.34. The van der Waals surface area contributed by atoms with Gasteiger partial charge in [-0.25, -0.2) is 4.98 Å². The summed E-state index contributed by atoms with van der Waals surface area (Å²) in [6, 6.07) is 0.563. The van der Waals surface area contributed by atoms with Gasteiger partial charge in [0.05, 0.1) is 0 Å². The van der Waals surface area contributed by atoms with E-state index in [1.165, 1.54) is 0 Å². The van der Waals surface area contributed by atoms with Crippen LogP contribution in [0.4, 0.5) is 5.82 Å². The number of anilines is 1. The van der Waals surface area contributed by atoms with Gasteiger partial charge in [0.25, 0.3) is 5.56 Å². The van der Waals surface area contributed by atoms with Crippen molar-refractivity contribution in [3.05, 3.63) is 22.7 Å². The molecule has 0 spiro atoms. The molecular weight excluding hydrogens is 266 g/mol. The van der Waals surface area contributed by atoms with Crippen molar-refractivity contribution < 1.29 is 0 Å². The molecule has 2 N–H and O–H groups in total. The first kappa shape index (κ1) is 16.0. The van der Waals surface area contributed by atoms with Crippen molar-refractivity contribution in [2.24, 2.45) is 5.73 Å². The van der Waals surface area contributed by atoms with Crippen LogP contribution in [0.15, 0.2) is 17.2 Å². The van der Waals surface area contributed by atoms with E-state index in [2.05, 4.69) is 21.7 Å². The summed E-state index contributed by atoms with van der Waals surface area (Å²) in [7, 11) is 0. The van der Waals surface area contributed by atoms with Crippen molar-refractivity contribution >= 4 is 5.82 Å².